The number of carboxylic acids is 1. The molecular weight excluding hydrogens is 790 g/mol. The lowest BCUT2D eigenvalue weighted by Gasteiger charge is -2.20. The van der Waals surface area contributed by atoms with Crippen LogP contribution in [-0.4, -0.2) is 60.5 Å². The van der Waals surface area contributed by atoms with Crippen molar-refractivity contribution >= 4 is 19.8 Å². The Bertz CT molecular complexity index is 1250. The second-order valence-corrected chi connectivity index (χ2v) is 17.3. The molecule has 0 rings (SSSR count). The fraction of sp³-hybridized carbons (Fsp3) is 0.720. The number of esters is 1. The molecule has 0 aromatic carbocycles. The Morgan fingerprint density at radius 1 is 0.541 bits per heavy atom. The van der Waals surface area contributed by atoms with Gasteiger partial charge in [-0.25, -0.2) is 4.57 Å². The first-order valence-electron chi connectivity index (χ1n) is 24.0. The summed E-state index contributed by atoms with van der Waals surface area (Å²) >= 11 is 0. The molecule has 4 N–H and O–H groups in total. The standard InChI is InChI=1S/C50H88NO9P/c1-3-5-7-9-11-13-15-17-19-20-21-22-23-24-25-26-27-29-31-33-35-37-39-41-43-57-44-47(45-58-61(55,56)59-46-48(51)50(53)54)60-49(52)42-40-38-36-34-32-30-28-18-16-14-12-10-8-6-4-2/h5,7,11-14,17-19,21-22,28,47-48H,3-4,6,8-10,15-16,20,23-27,29-46,51H2,1-2H3,(H,53,54)(H,55,56)/b7-5-,13-11-,14-12-,19-17-,22-21-,28-18-. The number of carbonyl (C=O) groups excluding carboxylic acids is 1. The zero-order chi connectivity index (χ0) is 44.8. The van der Waals surface area contributed by atoms with Crippen LogP contribution in [0.2, 0.25) is 0 Å². The number of carbonyl (C=O) groups is 2. The Morgan fingerprint density at radius 3 is 1.43 bits per heavy atom. The van der Waals surface area contributed by atoms with Gasteiger partial charge in [0.15, 0.2) is 0 Å². The molecule has 3 atom stereocenters. The van der Waals surface area contributed by atoms with Gasteiger partial charge in [-0.3, -0.25) is 18.6 Å². The van der Waals surface area contributed by atoms with Crippen LogP contribution in [0.15, 0.2) is 72.9 Å². The maximum atomic E-state index is 12.7. The molecule has 0 aliphatic carbocycles. The van der Waals surface area contributed by atoms with E-state index in [1.165, 1.54) is 83.5 Å². The first-order chi connectivity index (χ1) is 29.7. The molecular formula is C50H88NO9P. The lowest BCUT2D eigenvalue weighted by atomic mass is 10.1. The van der Waals surface area contributed by atoms with Crippen molar-refractivity contribution in [3.8, 4) is 0 Å². The number of hydrogen-bond acceptors (Lipinski definition) is 8. The van der Waals surface area contributed by atoms with Crippen molar-refractivity contribution in [3.05, 3.63) is 72.9 Å². The van der Waals surface area contributed by atoms with Crippen molar-refractivity contribution in [1.29, 1.82) is 0 Å². The topological polar surface area (TPSA) is 155 Å². The molecule has 0 bridgehead atoms. The molecule has 0 fully saturated rings. The summed E-state index contributed by atoms with van der Waals surface area (Å²) in [6, 6.07) is -1.48. The van der Waals surface area contributed by atoms with Crippen molar-refractivity contribution in [2.24, 2.45) is 5.73 Å². The summed E-state index contributed by atoms with van der Waals surface area (Å²) < 4.78 is 33.4. The number of hydrogen-bond donors (Lipinski definition) is 3. The summed E-state index contributed by atoms with van der Waals surface area (Å²) in [4.78, 5) is 33.6. The molecule has 3 unspecified atom stereocenters. The van der Waals surface area contributed by atoms with Crippen LogP contribution in [0, 0.1) is 0 Å². The molecule has 11 heteroatoms. The van der Waals surface area contributed by atoms with Crippen LogP contribution in [0.3, 0.4) is 0 Å². The van der Waals surface area contributed by atoms with E-state index in [0.29, 0.717) is 13.0 Å². The van der Waals surface area contributed by atoms with Crippen LogP contribution in [0.25, 0.3) is 0 Å². The minimum absolute atomic E-state index is 0.00594. The first-order valence-corrected chi connectivity index (χ1v) is 25.5. The Labute approximate surface area is 372 Å². The van der Waals surface area contributed by atoms with Gasteiger partial charge in [-0.05, 0) is 83.5 Å². The molecule has 0 amide bonds. The lowest BCUT2D eigenvalue weighted by Crippen LogP contribution is -2.34. The van der Waals surface area contributed by atoms with Crippen LogP contribution in [0.4, 0.5) is 0 Å². The molecule has 0 aliphatic rings. The molecule has 0 spiro atoms. The number of aliphatic carboxylic acids is 1. The minimum Gasteiger partial charge on any atom is -0.480 e. The number of unbranched alkanes of at least 4 members (excludes halogenated alkanes) is 19. The van der Waals surface area contributed by atoms with Crippen molar-refractivity contribution in [2.75, 3.05) is 26.4 Å². The summed E-state index contributed by atoms with van der Waals surface area (Å²) in [6.45, 7) is 3.72. The first kappa shape index (κ1) is 58.4. The van der Waals surface area contributed by atoms with E-state index in [4.69, 9.17) is 29.4 Å². The Balaban J connectivity index is 4.17. The van der Waals surface area contributed by atoms with E-state index >= 15 is 0 Å². The molecule has 0 aromatic heterocycles. The molecule has 0 aromatic rings. The van der Waals surface area contributed by atoms with E-state index in [-0.39, 0.29) is 13.0 Å². The molecule has 0 radical (unpaired) electrons. The van der Waals surface area contributed by atoms with Crippen molar-refractivity contribution in [3.63, 3.8) is 0 Å². The van der Waals surface area contributed by atoms with Gasteiger partial charge in [0.05, 0.1) is 19.8 Å². The monoisotopic (exact) mass is 878 g/mol. The Kier molecular flexibility index (Phi) is 43.5. The van der Waals surface area contributed by atoms with Gasteiger partial charge in [0.25, 0.3) is 0 Å². The number of phosphoric ester groups is 1. The fourth-order valence-corrected chi connectivity index (χ4v) is 7.05. The van der Waals surface area contributed by atoms with Gasteiger partial charge < -0.3 is 25.2 Å². The van der Waals surface area contributed by atoms with Crippen LogP contribution in [-0.2, 0) is 32.7 Å². The summed E-state index contributed by atoms with van der Waals surface area (Å²) in [7, 11) is -4.63. The third-order valence-electron chi connectivity index (χ3n) is 9.97. The van der Waals surface area contributed by atoms with E-state index in [1.54, 1.807) is 0 Å². The quantitative estimate of drug-likeness (QED) is 0.0233. The molecule has 61 heavy (non-hydrogen) atoms. The summed E-state index contributed by atoms with van der Waals surface area (Å²) in [5, 5.41) is 8.91. The second kappa shape index (κ2) is 45.4. The van der Waals surface area contributed by atoms with E-state index in [1.807, 2.05) is 0 Å². The number of nitrogens with two attached hydrogens (primary N) is 1. The van der Waals surface area contributed by atoms with Crippen molar-refractivity contribution in [2.45, 2.75) is 206 Å². The third kappa shape index (κ3) is 45.3. The number of ether oxygens (including phenoxy) is 2. The van der Waals surface area contributed by atoms with Gasteiger partial charge >= 0.3 is 19.8 Å². The lowest BCUT2D eigenvalue weighted by molar-refractivity contribution is -0.154. The molecule has 0 saturated heterocycles. The van der Waals surface area contributed by atoms with Crippen molar-refractivity contribution < 1.29 is 42.7 Å². The number of carboxylic acid groups (broad SMARTS) is 1. The summed E-state index contributed by atoms with van der Waals surface area (Å²) in [5.74, 6) is -1.80. The normalized spacial score (nSPS) is 14.4. The van der Waals surface area contributed by atoms with Crippen LogP contribution in [0.5, 0.6) is 0 Å². The zero-order valence-electron chi connectivity index (χ0n) is 38.5. The predicted octanol–water partition coefficient (Wildman–Crippen LogP) is 13.8. The maximum Gasteiger partial charge on any atom is 0.472 e. The average molecular weight is 878 g/mol. The highest BCUT2D eigenvalue weighted by molar-refractivity contribution is 7.47. The van der Waals surface area contributed by atoms with Gasteiger partial charge in [0.1, 0.15) is 12.1 Å². The van der Waals surface area contributed by atoms with E-state index in [2.05, 4.69) is 86.8 Å². The highest BCUT2D eigenvalue weighted by atomic mass is 31.2. The highest BCUT2D eigenvalue weighted by Gasteiger charge is 2.27. The average Bonchev–Trinajstić information content (AvgIpc) is 3.24. The van der Waals surface area contributed by atoms with Gasteiger partial charge in [0.2, 0.25) is 0 Å². The van der Waals surface area contributed by atoms with Gasteiger partial charge in [0, 0.05) is 13.0 Å². The van der Waals surface area contributed by atoms with Crippen LogP contribution < -0.4 is 5.73 Å². The molecule has 0 aliphatic heterocycles. The Morgan fingerprint density at radius 2 is 0.951 bits per heavy atom. The Hall–Kier alpha value is -2.59. The predicted molar refractivity (Wildman–Crippen MR) is 254 cm³/mol. The number of rotatable bonds is 45. The SMILES string of the molecule is CC/C=C\C/C=C\C/C=C\C/C=C\CCCCCCCCCCCCCOCC(COP(=O)(O)OCC(N)C(=O)O)OC(=O)CCCCCCC/C=C\C/C=C\CCCCC. The fourth-order valence-electron chi connectivity index (χ4n) is 6.27. The zero-order valence-corrected chi connectivity index (χ0v) is 39.4. The van der Waals surface area contributed by atoms with Gasteiger partial charge in [-0.1, -0.05) is 177 Å². The molecule has 352 valence electrons. The minimum atomic E-state index is -4.63. The van der Waals surface area contributed by atoms with E-state index < -0.39 is 45.1 Å². The molecule has 10 nitrogen and oxygen atoms in total. The number of phosphoric acid groups is 1. The smallest absolute Gasteiger partial charge is 0.472 e. The van der Waals surface area contributed by atoms with E-state index in [9.17, 15) is 19.0 Å². The van der Waals surface area contributed by atoms with Gasteiger partial charge in [-0.15, -0.1) is 0 Å². The second-order valence-electron chi connectivity index (χ2n) is 15.9. The van der Waals surface area contributed by atoms with Crippen molar-refractivity contribution in [1.82, 2.24) is 0 Å². The molecule has 0 heterocycles. The maximum absolute atomic E-state index is 12.7. The third-order valence-corrected chi connectivity index (χ3v) is 10.9. The van der Waals surface area contributed by atoms with Gasteiger partial charge in [-0.2, -0.15) is 0 Å². The van der Waals surface area contributed by atoms with Crippen LogP contribution >= 0.6 is 7.82 Å². The van der Waals surface area contributed by atoms with E-state index in [0.717, 1.165) is 83.5 Å². The molecule has 0 saturated carbocycles. The highest BCUT2D eigenvalue weighted by Crippen LogP contribution is 2.43. The number of allylic oxidation sites excluding steroid dienone is 12. The summed E-state index contributed by atoms with van der Waals surface area (Å²) in [5.41, 5.74) is 5.36. The summed E-state index contributed by atoms with van der Waals surface area (Å²) in [6.07, 6.45) is 56.7. The van der Waals surface area contributed by atoms with Crippen LogP contribution in [0.1, 0.15) is 194 Å². The largest absolute Gasteiger partial charge is 0.480 e.